The van der Waals surface area contributed by atoms with Crippen LogP contribution in [0, 0.1) is 6.92 Å². The van der Waals surface area contributed by atoms with Crippen molar-refractivity contribution in [3.63, 3.8) is 0 Å². The number of hydrogen-bond acceptors (Lipinski definition) is 4. The number of carbonyl (C=O) groups is 2. The lowest BCUT2D eigenvalue weighted by atomic mass is 10.1. The van der Waals surface area contributed by atoms with Crippen LogP contribution in [0.5, 0.6) is 0 Å². The van der Waals surface area contributed by atoms with E-state index in [2.05, 4.69) is 16.2 Å². The van der Waals surface area contributed by atoms with Gasteiger partial charge in [0.25, 0.3) is 11.8 Å². The average molecular weight is 404 g/mol. The van der Waals surface area contributed by atoms with Crippen LogP contribution in [-0.4, -0.2) is 16.9 Å². The molecule has 0 unspecified atom stereocenters. The molecule has 0 saturated heterocycles. The van der Waals surface area contributed by atoms with E-state index in [9.17, 15) is 9.59 Å². The molecule has 0 bridgehead atoms. The Balaban J connectivity index is 1.60. The Hall–Kier alpha value is -2.48. The van der Waals surface area contributed by atoms with Gasteiger partial charge in [-0.15, -0.1) is 11.3 Å². The van der Waals surface area contributed by atoms with Gasteiger partial charge in [-0.1, -0.05) is 47.5 Å². The van der Waals surface area contributed by atoms with Gasteiger partial charge in [-0.25, -0.2) is 0 Å². The molecular weight excluding hydrogens is 390 g/mol. The Morgan fingerprint density at radius 2 is 1.69 bits per heavy atom. The molecule has 0 aliphatic rings. The summed E-state index contributed by atoms with van der Waals surface area (Å²) in [6.07, 6.45) is 0. The van der Waals surface area contributed by atoms with Crippen LogP contribution in [0.2, 0.25) is 5.02 Å². The van der Waals surface area contributed by atoms with E-state index in [0.717, 1.165) is 15.6 Å². The van der Waals surface area contributed by atoms with E-state index in [-0.39, 0.29) is 11.0 Å². The number of rotatable bonds is 2. The molecule has 0 radical (unpaired) electrons. The predicted molar refractivity (Wildman–Crippen MR) is 109 cm³/mol. The number of thiocarbonyl (C=S) groups is 1. The summed E-state index contributed by atoms with van der Waals surface area (Å²) in [6.45, 7) is 1.93. The van der Waals surface area contributed by atoms with Crippen LogP contribution in [0.1, 0.15) is 25.6 Å². The molecule has 0 spiro atoms. The van der Waals surface area contributed by atoms with Crippen LogP contribution in [0.25, 0.3) is 10.1 Å². The van der Waals surface area contributed by atoms with Crippen LogP contribution < -0.4 is 16.2 Å². The number of halogens is 1. The lowest BCUT2D eigenvalue weighted by Crippen LogP contribution is -2.48. The van der Waals surface area contributed by atoms with Crippen LogP contribution in [0.4, 0.5) is 0 Å². The number of hydrogen-bond donors (Lipinski definition) is 3. The Morgan fingerprint density at radius 1 is 1.00 bits per heavy atom. The monoisotopic (exact) mass is 403 g/mol. The van der Waals surface area contributed by atoms with E-state index >= 15 is 0 Å². The molecule has 0 atom stereocenters. The third kappa shape index (κ3) is 4.01. The highest BCUT2D eigenvalue weighted by Crippen LogP contribution is 2.34. The van der Waals surface area contributed by atoms with Gasteiger partial charge in [-0.3, -0.25) is 25.8 Å². The van der Waals surface area contributed by atoms with Crippen molar-refractivity contribution < 1.29 is 9.59 Å². The summed E-state index contributed by atoms with van der Waals surface area (Å²) in [5, 5.41) is 3.68. The molecular formula is C18H14ClN3O2S2. The van der Waals surface area contributed by atoms with Crippen molar-refractivity contribution in [3.05, 3.63) is 69.6 Å². The van der Waals surface area contributed by atoms with E-state index in [0.29, 0.717) is 15.5 Å². The minimum atomic E-state index is -0.432. The number of fused-ring (bicyclic) bond motifs is 1. The second kappa shape index (κ2) is 7.82. The summed E-state index contributed by atoms with van der Waals surface area (Å²) in [7, 11) is 0. The fourth-order valence-corrected chi connectivity index (χ4v) is 3.80. The maximum atomic E-state index is 12.4. The summed E-state index contributed by atoms with van der Waals surface area (Å²) in [5.74, 6) is -0.792. The van der Waals surface area contributed by atoms with Crippen LogP contribution >= 0.6 is 35.2 Å². The first kappa shape index (κ1) is 18.3. The van der Waals surface area contributed by atoms with Crippen molar-refractivity contribution in [3.8, 4) is 0 Å². The van der Waals surface area contributed by atoms with E-state index in [1.54, 1.807) is 12.1 Å². The lowest BCUT2D eigenvalue weighted by Gasteiger charge is -2.10. The van der Waals surface area contributed by atoms with Gasteiger partial charge in [0.15, 0.2) is 5.11 Å². The standard InChI is InChI=1S/C18H14ClN3O2S2/c1-10-6-8-11(9-7-10)16(23)21-22-18(25)20-17(24)15-14(19)12-4-2-3-5-13(12)26-15/h2-9H,1H3,(H,21,23)(H2,20,22,24,25). The zero-order chi connectivity index (χ0) is 18.7. The molecule has 3 N–H and O–H groups in total. The Labute approximate surface area is 164 Å². The number of carbonyl (C=O) groups excluding carboxylic acids is 2. The highest BCUT2D eigenvalue weighted by Gasteiger charge is 2.18. The van der Waals surface area contributed by atoms with Crippen molar-refractivity contribution in [2.45, 2.75) is 6.92 Å². The lowest BCUT2D eigenvalue weighted by molar-refractivity contribution is 0.0935. The molecule has 8 heteroatoms. The van der Waals surface area contributed by atoms with Crippen LogP contribution in [-0.2, 0) is 0 Å². The number of aryl methyl sites for hydroxylation is 1. The normalized spacial score (nSPS) is 10.4. The molecule has 3 rings (SSSR count). The molecule has 0 aliphatic carbocycles. The number of hydrazine groups is 1. The van der Waals surface area contributed by atoms with E-state index in [1.165, 1.54) is 11.3 Å². The molecule has 2 aromatic carbocycles. The van der Waals surface area contributed by atoms with Gasteiger partial charge < -0.3 is 0 Å². The largest absolute Gasteiger partial charge is 0.297 e. The Morgan fingerprint density at radius 3 is 2.38 bits per heavy atom. The molecule has 2 amide bonds. The quantitative estimate of drug-likeness (QED) is 0.449. The first-order chi connectivity index (χ1) is 12.5. The second-order valence-corrected chi connectivity index (χ2v) is 7.31. The zero-order valence-corrected chi connectivity index (χ0v) is 16.0. The fourth-order valence-electron chi connectivity index (χ4n) is 2.24. The first-order valence-corrected chi connectivity index (χ1v) is 9.21. The van der Waals surface area contributed by atoms with E-state index in [1.807, 2.05) is 43.3 Å². The molecule has 0 saturated carbocycles. The second-order valence-electron chi connectivity index (χ2n) is 5.47. The Kier molecular flexibility index (Phi) is 5.51. The van der Waals surface area contributed by atoms with Gasteiger partial charge in [0.2, 0.25) is 0 Å². The summed E-state index contributed by atoms with van der Waals surface area (Å²) in [6, 6.07) is 14.5. The highest BCUT2D eigenvalue weighted by molar-refractivity contribution is 7.80. The number of amides is 2. The molecule has 0 aliphatic heterocycles. The van der Waals surface area contributed by atoms with Crippen LogP contribution in [0.3, 0.4) is 0 Å². The molecule has 5 nitrogen and oxygen atoms in total. The van der Waals surface area contributed by atoms with Crippen molar-refractivity contribution in [1.29, 1.82) is 0 Å². The third-order valence-electron chi connectivity index (χ3n) is 3.57. The van der Waals surface area contributed by atoms with Crippen molar-refractivity contribution >= 4 is 62.2 Å². The van der Waals surface area contributed by atoms with Crippen molar-refractivity contribution in [2.75, 3.05) is 0 Å². The van der Waals surface area contributed by atoms with Gasteiger partial charge in [0.1, 0.15) is 4.88 Å². The predicted octanol–water partition coefficient (Wildman–Crippen LogP) is 3.81. The molecule has 0 fully saturated rings. The number of benzene rings is 2. The molecule has 1 heterocycles. The minimum absolute atomic E-state index is 0.0241. The van der Waals surface area contributed by atoms with E-state index in [4.69, 9.17) is 23.8 Å². The SMILES string of the molecule is Cc1ccc(C(=O)NNC(=S)NC(=O)c2sc3ccccc3c2Cl)cc1. The van der Waals surface area contributed by atoms with Gasteiger partial charge in [0.05, 0.1) is 5.02 Å². The number of thiophene rings is 1. The molecule has 26 heavy (non-hydrogen) atoms. The van der Waals surface area contributed by atoms with Crippen LogP contribution in [0.15, 0.2) is 48.5 Å². The Bertz CT molecular complexity index is 999. The first-order valence-electron chi connectivity index (χ1n) is 7.61. The third-order valence-corrected chi connectivity index (χ3v) is 5.45. The summed E-state index contributed by atoms with van der Waals surface area (Å²) in [5.41, 5.74) is 6.48. The number of nitrogens with one attached hydrogen (secondary N) is 3. The van der Waals surface area contributed by atoms with E-state index < -0.39 is 5.91 Å². The molecule has 132 valence electrons. The summed E-state index contributed by atoms with van der Waals surface area (Å²) in [4.78, 5) is 24.8. The molecule has 1 aromatic heterocycles. The fraction of sp³-hybridized carbons (Fsp3) is 0.0556. The van der Waals surface area contributed by atoms with Crippen molar-refractivity contribution in [1.82, 2.24) is 16.2 Å². The van der Waals surface area contributed by atoms with Gasteiger partial charge >= 0.3 is 0 Å². The zero-order valence-electron chi connectivity index (χ0n) is 13.6. The highest BCUT2D eigenvalue weighted by atomic mass is 35.5. The smallest absolute Gasteiger partial charge is 0.269 e. The maximum Gasteiger partial charge on any atom is 0.269 e. The van der Waals surface area contributed by atoms with Crippen molar-refractivity contribution in [2.24, 2.45) is 0 Å². The summed E-state index contributed by atoms with van der Waals surface area (Å²) >= 11 is 12.6. The topological polar surface area (TPSA) is 70.2 Å². The summed E-state index contributed by atoms with van der Waals surface area (Å²) < 4.78 is 0.911. The van der Waals surface area contributed by atoms with Gasteiger partial charge in [0, 0.05) is 15.6 Å². The minimum Gasteiger partial charge on any atom is -0.297 e. The molecule has 3 aromatic rings. The van der Waals surface area contributed by atoms with Gasteiger partial charge in [-0.05, 0) is 37.3 Å². The maximum absolute atomic E-state index is 12.4. The average Bonchev–Trinajstić information content (AvgIpc) is 2.97. The van der Waals surface area contributed by atoms with Gasteiger partial charge in [-0.2, -0.15) is 0 Å².